The second-order valence-electron chi connectivity index (χ2n) is 2.49. The zero-order chi connectivity index (χ0) is 9.84. The van der Waals surface area contributed by atoms with E-state index in [1.54, 1.807) is 0 Å². The Balaban J connectivity index is 0.000000396. The molecular formula is C10H12BrNO. The van der Waals surface area contributed by atoms with E-state index in [9.17, 15) is 4.79 Å². The summed E-state index contributed by atoms with van der Waals surface area (Å²) in [6.07, 6.45) is 0.497. The van der Waals surface area contributed by atoms with Gasteiger partial charge in [-0.25, -0.2) is 0 Å². The zero-order valence-electron chi connectivity index (χ0n) is 7.73. The van der Waals surface area contributed by atoms with E-state index < -0.39 is 0 Å². The first kappa shape index (κ1) is 10.3. The molecule has 0 atom stereocenters. The SMILES string of the molecule is CC.O=C1Cc2c(Br)cccc2N1. The predicted octanol–water partition coefficient (Wildman–Crippen LogP) is 2.97. The average molecular weight is 242 g/mol. The van der Waals surface area contributed by atoms with E-state index in [0.29, 0.717) is 6.42 Å². The summed E-state index contributed by atoms with van der Waals surface area (Å²) in [4.78, 5) is 10.9. The fourth-order valence-electron chi connectivity index (χ4n) is 1.21. The maximum Gasteiger partial charge on any atom is 0.228 e. The van der Waals surface area contributed by atoms with Crippen molar-refractivity contribution in [2.45, 2.75) is 20.3 Å². The van der Waals surface area contributed by atoms with Crippen LogP contribution in [0.3, 0.4) is 0 Å². The molecule has 2 nitrogen and oxygen atoms in total. The number of hydrogen-bond donors (Lipinski definition) is 1. The molecule has 1 amide bonds. The van der Waals surface area contributed by atoms with Gasteiger partial charge in [0, 0.05) is 10.2 Å². The van der Waals surface area contributed by atoms with Crippen molar-refractivity contribution in [2.75, 3.05) is 5.32 Å². The van der Waals surface area contributed by atoms with Gasteiger partial charge in [0.2, 0.25) is 5.91 Å². The van der Waals surface area contributed by atoms with Crippen molar-refractivity contribution in [1.29, 1.82) is 0 Å². The maximum atomic E-state index is 10.9. The van der Waals surface area contributed by atoms with Gasteiger partial charge in [0.1, 0.15) is 0 Å². The van der Waals surface area contributed by atoms with E-state index in [-0.39, 0.29) is 5.91 Å². The molecule has 0 fully saturated rings. The number of fused-ring (bicyclic) bond motifs is 1. The standard InChI is InChI=1S/C8H6BrNO.C2H6/c9-6-2-1-3-7-5(6)4-8(11)10-7;1-2/h1-3H,4H2,(H,10,11);1-2H3. The number of carbonyl (C=O) groups is 1. The van der Waals surface area contributed by atoms with Gasteiger partial charge in [-0.2, -0.15) is 0 Å². The molecule has 1 aliphatic heterocycles. The van der Waals surface area contributed by atoms with Gasteiger partial charge in [0.25, 0.3) is 0 Å². The Labute approximate surface area is 86.5 Å². The van der Waals surface area contributed by atoms with Crippen LogP contribution in [0.4, 0.5) is 5.69 Å². The van der Waals surface area contributed by atoms with Gasteiger partial charge in [-0.3, -0.25) is 4.79 Å². The normalized spacial score (nSPS) is 12.7. The molecule has 0 spiro atoms. The molecule has 1 aliphatic rings. The Hall–Kier alpha value is -0.830. The van der Waals surface area contributed by atoms with Gasteiger partial charge in [-0.05, 0) is 17.7 Å². The summed E-state index contributed by atoms with van der Waals surface area (Å²) < 4.78 is 1.01. The molecular weight excluding hydrogens is 230 g/mol. The quantitative estimate of drug-likeness (QED) is 0.744. The predicted molar refractivity (Wildman–Crippen MR) is 57.8 cm³/mol. The Kier molecular flexibility index (Phi) is 3.48. The fraction of sp³-hybridized carbons (Fsp3) is 0.300. The van der Waals surface area contributed by atoms with Crippen molar-refractivity contribution >= 4 is 27.5 Å². The third-order valence-electron chi connectivity index (χ3n) is 1.73. The first-order valence-electron chi connectivity index (χ1n) is 4.34. The summed E-state index contributed by atoms with van der Waals surface area (Å²) in [7, 11) is 0. The molecule has 0 saturated heterocycles. The monoisotopic (exact) mass is 241 g/mol. The molecule has 0 unspecified atom stereocenters. The molecule has 3 heteroatoms. The number of amides is 1. The lowest BCUT2D eigenvalue weighted by molar-refractivity contribution is -0.115. The molecule has 1 N–H and O–H groups in total. The number of rotatable bonds is 0. The van der Waals surface area contributed by atoms with Crippen LogP contribution in [0.2, 0.25) is 0 Å². The van der Waals surface area contributed by atoms with Gasteiger partial charge in [0.05, 0.1) is 6.42 Å². The maximum absolute atomic E-state index is 10.9. The summed E-state index contributed by atoms with van der Waals surface area (Å²) in [6, 6.07) is 5.76. The number of anilines is 1. The molecule has 13 heavy (non-hydrogen) atoms. The van der Waals surface area contributed by atoms with Crippen LogP contribution in [0, 0.1) is 0 Å². The van der Waals surface area contributed by atoms with Crippen molar-refractivity contribution < 1.29 is 4.79 Å². The third-order valence-corrected chi connectivity index (χ3v) is 2.47. The van der Waals surface area contributed by atoms with Gasteiger partial charge in [-0.1, -0.05) is 35.8 Å². The van der Waals surface area contributed by atoms with Gasteiger partial charge < -0.3 is 5.32 Å². The largest absolute Gasteiger partial charge is 0.325 e. The van der Waals surface area contributed by atoms with Crippen LogP contribution in [-0.4, -0.2) is 5.91 Å². The first-order chi connectivity index (χ1) is 6.27. The Morgan fingerprint density at radius 1 is 1.38 bits per heavy atom. The lowest BCUT2D eigenvalue weighted by atomic mass is 10.2. The number of benzene rings is 1. The Morgan fingerprint density at radius 3 is 2.69 bits per heavy atom. The number of carbonyl (C=O) groups excluding carboxylic acids is 1. The van der Waals surface area contributed by atoms with Gasteiger partial charge in [0.15, 0.2) is 0 Å². The van der Waals surface area contributed by atoms with Gasteiger partial charge >= 0.3 is 0 Å². The molecule has 2 rings (SSSR count). The van der Waals surface area contributed by atoms with Crippen molar-refractivity contribution in [1.82, 2.24) is 0 Å². The smallest absolute Gasteiger partial charge is 0.228 e. The van der Waals surface area contributed by atoms with Crippen LogP contribution in [0.15, 0.2) is 22.7 Å². The number of nitrogens with one attached hydrogen (secondary N) is 1. The Bertz CT molecular complexity index is 323. The van der Waals surface area contributed by atoms with E-state index in [1.807, 2.05) is 32.0 Å². The van der Waals surface area contributed by atoms with Crippen molar-refractivity contribution in [3.8, 4) is 0 Å². The highest BCUT2D eigenvalue weighted by atomic mass is 79.9. The van der Waals surface area contributed by atoms with E-state index in [4.69, 9.17) is 0 Å². The summed E-state index contributed by atoms with van der Waals surface area (Å²) in [6.45, 7) is 4.00. The molecule has 1 heterocycles. The Morgan fingerprint density at radius 2 is 2.08 bits per heavy atom. The topological polar surface area (TPSA) is 29.1 Å². The third kappa shape index (κ3) is 2.10. The molecule has 70 valence electrons. The van der Waals surface area contributed by atoms with Gasteiger partial charge in [-0.15, -0.1) is 0 Å². The summed E-state index contributed by atoms with van der Waals surface area (Å²) in [5, 5.41) is 2.77. The molecule has 0 radical (unpaired) electrons. The van der Waals surface area contributed by atoms with Crippen LogP contribution < -0.4 is 5.32 Å². The van der Waals surface area contributed by atoms with Crippen LogP contribution in [-0.2, 0) is 11.2 Å². The molecule has 1 aromatic rings. The zero-order valence-corrected chi connectivity index (χ0v) is 9.31. The lowest BCUT2D eigenvalue weighted by Gasteiger charge is -1.97. The second-order valence-corrected chi connectivity index (χ2v) is 3.35. The first-order valence-corrected chi connectivity index (χ1v) is 5.14. The molecule has 0 bridgehead atoms. The minimum atomic E-state index is 0.0758. The molecule has 0 saturated carbocycles. The van der Waals surface area contributed by atoms with E-state index >= 15 is 0 Å². The minimum absolute atomic E-state index is 0.0758. The van der Waals surface area contributed by atoms with E-state index in [2.05, 4.69) is 21.2 Å². The number of halogens is 1. The highest BCUT2D eigenvalue weighted by Gasteiger charge is 2.18. The average Bonchev–Trinajstić information content (AvgIpc) is 2.51. The second kappa shape index (κ2) is 4.42. The molecule has 0 aromatic heterocycles. The van der Waals surface area contributed by atoms with Crippen LogP contribution in [0.5, 0.6) is 0 Å². The summed E-state index contributed by atoms with van der Waals surface area (Å²) >= 11 is 3.38. The van der Waals surface area contributed by atoms with Crippen molar-refractivity contribution in [3.05, 3.63) is 28.2 Å². The van der Waals surface area contributed by atoms with Crippen molar-refractivity contribution in [3.63, 3.8) is 0 Å². The van der Waals surface area contributed by atoms with E-state index in [0.717, 1.165) is 15.7 Å². The van der Waals surface area contributed by atoms with E-state index in [1.165, 1.54) is 0 Å². The molecule has 0 aliphatic carbocycles. The fourth-order valence-corrected chi connectivity index (χ4v) is 1.72. The van der Waals surface area contributed by atoms with Crippen LogP contribution in [0.1, 0.15) is 19.4 Å². The highest BCUT2D eigenvalue weighted by molar-refractivity contribution is 9.10. The highest BCUT2D eigenvalue weighted by Crippen LogP contribution is 2.29. The van der Waals surface area contributed by atoms with Crippen LogP contribution in [0.25, 0.3) is 0 Å². The van der Waals surface area contributed by atoms with Crippen LogP contribution >= 0.6 is 15.9 Å². The number of hydrogen-bond acceptors (Lipinski definition) is 1. The molecule has 1 aromatic carbocycles. The lowest BCUT2D eigenvalue weighted by Crippen LogP contribution is -2.03. The summed E-state index contributed by atoms with van der Waals surface area (Å²) in [5.41, 5.74) is 2.00. The minimum Gasteiger partial charge on any atom is -0.325 e. The summed E-state index contributed by atoms with van der Waals surface area (Å²) in [5.74, 6) is 0.0758. The van der Waals surface area contributed by atoms with Crippen molar-refractivity contribution in [2.24, 2.45) is 0 Å².